The standard InChI is InChI=1S/C20H24FN3O/c21-18-7-5-16(6-8-18)20(17-9-11-22-12-10-17)23-19(25)15-24-13-3-1-2-4-14-24/h5-12,20H,1-4,13-15H2,(H,23,25)/t20-/m0/s1. The molecule has 0 unspecified atom stereocenters. The van der Waals surface area contributed by atoms with Crippen molar-refractivity contribution in [3.05, 3.63) is 65.7 Å². The van der Waals surface area contributed by atoms with Gasteiger partial charge < -0.3 is 5.32 Å². The molecule has 132 valence electrons. The highest BCUT2D eigenvalue weighted by molar-refractivity contribution is 5.79. The molecule has 1 aliphatic rings. The van der Waals surface area contributed by atoms with Crippen LogP contribution in [0.2, 0.25) is 0 Å². The lowest BCUT2D eigenvalue weighted by molar-refractivity contribution is -0.122. The van der Waals surface area contributed by atoms with E-state index in [0.29, 0.717) is 6.54 Å². The van der Waals surface area contributed by atoms with Gasteiger partial charge in [0.25, 0.3) is 0 Å². The first-order chi connectivity index (χ1) is 12.2. The van der Waals surface area contributed by atoms with Crippen molar-refractivity contribution >= 4 is 5.91 Å². The molecule has 1 N–H and O–H groups in total. The molecule has 1 fully saturated rings. The van der Waals surface area contributed by atoms with Crippen LogP contribution < -0.4 is 5.32 Å². The fourth-order valence-corrected chi connectivity index (χ4v) is 3.27. The molecule has 1 aromatic carbocycles. The summed E-state index contributed by atoms with van der Waals surface area (Å²) in [5.74, 6) is -0.291. The Bertz CT molecular complexity index is 667. The number of halogens is 1. The first-order valence-electron chi connectivity index (χ1n) is 8.89. The Morgan fingerprint density at radius 3 is 2.24 bits per heavy atom. The molecule has 1 amide bonds. The molecule has 1 atom stereocenters. The Labute approximate surface area is 148 Å². The van der Waals surface area contributed by atoms with Gasteiger partial charge in [-0.05, 0) is 61.3 Å². The minimum atomic E-state index is -0.303. The SMILES string of the molecule is O=C(CN1CCCCCC1)N[C@H](c1ccncc1)c1ccc(F)cc1. The Hall–Kier alpha value is -2.27. The van der Waals surface area contributed by atoms with Crippen LogP contribution in [-0.2, 0) is 4.79 Å². The van der Waals surface area contributed by atoms with Gasteiger partial charge >= 0.3 is 0 Å². The predicted molar refractivity (Wildman–Crippen MR) is 95.5 cm³/mol. The lowest BCUT2D eigenvalue weighted by Crippen LogP contribution is -2.39. The van der Waals surface area contributed by atoms with Gasteiger partial charge in [-0.3, -0.25) is 14.7 Å². The molecule has 4 nitrogen and oxygen atoms in total. The number of rotatable bonds is 5. The van der Waals surface area contributed by atoms with Gasteiger partial charge in [-0.25, -0.2) is 4.39 Å². The van der Waals surface area contributed by atoms with E-state index in [4.69, 9.17) is 0 Å². The second-order valence-electron chi connectivity index (χ2n) is 6.52. The Morgan fingerprint density at radius 1 is 1.00 bits per heavy atom. The zero-order valence-corrected chi connectivity index (χ0v) is 14.3. The number of benzene rings is 1. The summed E-state index contributed by atoms with van der Waals surface area (Å²) >= 11 is 0. The number of hydrogen-bond acceptors (Lipinski definition) is 3. The van der Waals surface area contributed by atoms with Crippen LogP contribution in [0.1, 0.15) is 42.9 Å². The van der Waals surface area contributed by atoms with Crippen molar-refractivity contribution in [3.63, 3.8) is 0 Å². The molecule has 1 saturated heterocycles. The van der Waals surface area contributed by atoms with Crippen LogP contribution in [0.5, 0.6) is 0 Å². The molecule has 0 spiro atoms. The van der Waals surface area contributed by atoms with Gasteiger partial charge in [-0.15, -0.1) is 0 Å². The van der Waals surface area contributed by atoms with Crippen LogP contribution in [-0.4, -0.2) is 35.4 Å². The van der Waals surface area contributed by atoms with Crippen molar-refractivity contribution < 1.29 is 9.18 Å². The van der Waals surface area contributed by atoms with E-state index in [1.54, 1.807) is 24.5 Å². The normalized spacial score (nSPS) is 16.8. The molecular formula is C20H24FN3O. The van der Waals surface area contributed by atoms with Crippen LogP contribution in [0.3, 0.4) is 0 Å². The van der Waals surface area contributed by atoms with Crippen LogP contribution in [0.25, 0.3) is 0 Å². The largest absolute Gasteiger partial charge is 0.344 e. The number of carbonyl (C=O) groups excluding carboxylic acids is 1. The maximum absolute atomic E-state index is 13.3. The number of amides is 1. The third-order valence-corrected chi connectivity index (χ3v) is 4.61. The fourth-order valence-electron chi connectivity index (χ4n) is 3.27. The summed E-state index contributed by atoms with van der Waals surface area (Å²) < 4.78 is 13.3. The summed E-state index contributed by atoms with van der Waals surface area (Å²) in [5, 5.41) is 3.11. The first kappa shape index (κ1) is 17.5. The van der Waals surface area contributed by atoms with Crippen LogP contribution in [0, 0.1) is 5.82 Å². The topological polar surface area (TPSA) is 45.2 Å². The zero-order chi connectivity index (χ0) is 17.5. The number of aromatic nitrogens is 1. The molecule has 0 saturated carbocycles. The fraction of sp³-hybridized carbons (Fsp3) is 0.400. The van der Waals surface area contributed by atoms with Crippen molar-refractivity contribution in [2.24, 2.45) is 0 Å². The molecule has 1 aromatic heterocycles. The number of pyridine rings is 1. The van der Waals surface area contributed by atoms with Crippen molar-refractivity contribution in [2.45, 2.75) is 31.7 Å². The summed E-state index contributed by atoms with van der Waals surface area (Å²) in [6.45, 7) is 2.36. The average Bonchev–Trinajstić information content (AvgIpc) is 2.90. The Kier molecular flexibility index (Phi) is 6.12. The van der Waals surface area contributed by atoms with Gasteiger partial charge in [-0.2, -0.15) is 0 Å². The minimum Gasteiger partial charge on any atom is -0.344 e. The van der Waals surface area contributed by atoms with E-state index < -0.39 is 0 Å². The molecule has 3 rings (SSSR count). The number of carbonyl (C=O) groups is 1. The van der Waals surface area contributed by atoms with Crippen LogP contribution in [0.15, 0.2) is 48.8 Å². The number of hydrogen-bond donors (Lipinski definition) is 1. The predicted octanol–water partition coefficient (Wildman–Crippen LogP) is 3.30. The number of likely N-dealkylation sites (tertiary alicyclic amines) is 1. The maximum atomic E-state index is 13.3. The lowest BCUT2D eigenvalue weighted by Gasteiger charge is -2.23. The van der Waals surface area contributed by atoms with Crippen LogP contribution >= 0.6 is 0 Å². The monoisotopic (exact) mass is 341 g/mol. The van der Waals surface area contributed by atoms with Gasteiger partial charge in [0, 0.05) is 12.4 Å². The van der Waals surface area contributed by atoms with Crippen molar-refractivity contribution in [1.82, 2.24) is 15.2 Å². The van der Waals surface area contributed by atoms with E-state index in [2.05, 4.69) is 15.2 Å². The number of nitrogens with one attached hydrogen (secondary N) is 1. The molecule has 0 bridgehead atoms. The highest BCUT2D eigenvalue weighted by atomic mass is 19.1. The van der Waals surface area contributed by atoms with E-state index in [1.165, 1.54) is 25.0 Å². The van der Waals surface area contributed by atoms with Crippen LogP contribution in [0.4, 0.5) is 4.39 Å². The highest BCUT2D eigenvalue weighted by Crippen LogP contribution is 2.22. The third kappa shape index (κ3) is 5.10. The first-order valence-corrected chi connectivity index (χ1v) is 8.89. The second kappa shape index (κ2) is 8.72. The Balaban J connectivity index is 1.73. The van der Waals surface area contributed by atoms with E-state index in [-0.39, 0.29) is 17.8 Å². The van der Waals surface area contributed by atoms with Gasteiger partial charge in [-0.1, -0.05) is 25.0 Å². The summed E-state index contributed by atoms with van der Waals surface area (Å²) in [6, 6.07) is 9.72. The van der Waals surface area contributed by atoms with E-state index >= 15 is 0 Å². The van der Waals surface area contributed by atoms with Gasteiger partial charge in [0.05, 0.1) is 12.6 Å². The summed E-state index contributed by atoms with van der Waals surface area (Å²) in [5.41, 5.74) is 1.79. The third-order valence-electron chi connectivity index (χ3n) is 4.61. The molecule has 2 aromatic rings. The summed E-state index contributed by atoms with van der Waals surface area (Å²) in [7, 11) is 0. The van der Waals surface area contributed by atoms with Crippen molar-refractivity contribution in [3.8, 4) is 0 Å². The molecule has 25 heavy (non-hydrogen) atoms. The molecule has 2 heterocycles. The smallest absolute Gasteiger partial charge is 0.234 e. The van der Waals surface area contributed by atoms with E-state index in [1.807, 2.05) is 12.1 Å². The molecule has 1 aliphatic heterocycles. The second-order valence-corrected chi connectivity index (χ2v) is 6.52. The summed E-state index contributed by atoms with van der Waals surface area (Å²) in [4.78, 5) is 18.9. The molecular weight excluding hydrogens is 317 g/mol. The zero-order valence-electron chi connectivity index (χ0n) is 14.3. The highest BCUT2D eigenvalue weighted by Gasteiger charge is 2.19. The van der Waals surface area contributed by atoms with Crippen molar-refractivity contribution in [1.29, 1.82) is 0 Å². The maximum Gasteiger partial charge on any atom is 0.234 e. The lowest BCUT2D eigenvalue weighted by atomic mass is 9.99. The van der Waals surface area contributed by atoms with Gasteiger partial charge in [0.15, 0.2) is 0 Å². The van der Waals surface area contributed by atoms with Crippen molar-refractivity contribution in [2.75, 3.05) is 19.6 Å². The van der Waals surface area contributed by atoms with Gasteiger partial charge in [0.2, 0.25) is 5.91 Å². The summed E-state index contributed by atoms with van der Waals surface area (Å²) in [6.07, 6.45) is 8.19. The quantitative estimate of drug-likeness (QED) is 0.907. The number of nitrogens with zero attached hydrogens (tertiary/aromatic N) is 2. The molecule has 5 heteroatoms. The van der Waals surface area contributed by atoms with Gasteiger partial charge in [0.1, 0.15) is 5.82 Å². The van der Waals surface area contributed by atoms with E-state index in [0.717, 1.165) is 37.1 Å². The average molecular weight is 341 g/mol. The van der Waals surface area contributed by atoms with E-state index in [9.17, 15) is 9.18 Å². The molecule has 0 radical (unpaired) electrons. The minimum absolute atomic E-state index is 0.00645. The molecule has 0 aliphatic carbocycles. The Morgan fingerprint density at radius 2 is 1.60 bits per heavy atom.